The van der Waals surface area contributed by atoms with Crippen molar-refractivity contribution in [3.8, 4) is 0 Å². The maximum absolute atomic E-state index is 12.6. The lowest BCUT2D eigenvalue weighted by Crippen LogP contribution is -2.32. The van der Waals surface area contributed by atoms with Gasteiger partial charge >= 0.3 is 6.09 Å². The third-order valence-corrected chi connectivity index (χ3v) is 5.56. The van der Waals surface area contributed by atoms with Gasteiger partial charge in [-0.2, -0.15) is 0 Å². The van der Waals surface area contributed by atoms with Gasteiger partial charge in [-0.3, -0.25) is 14.5 Å². The minimum absolute atomic E-state index is 0.0576. The highest BCUT2D eigenvalue weighted by atomic mass is 79.9. The molecule has 0 saturated carbocycles. The zero-order valence-electron chi connectivity index (χ0n) is 15.6. The van der Waals surface area contributed by atoms with E-state index in [9.17, 15) is 14.4 Å². The van der Waals surface area contributed by atoms with Gasteiger partial charge in [0.1, 0.15) is 6.61 Å². The summed E-state index contributed by atoms with van der Waals surface area (Å²) in [7, 11) is 0. The SMILES string of the molecule is O=C(NCc1cccc(N2CCOC2=O)c1)C1CC(=O)N(c2cccc(Br)c2)C1. The van der Waals surface area contributed by atoms with Crippen molar-refractivity contribution in [3.63, 3.8) is 0 Å². The molecular formula is C21H20BrN3O4. The summed E-state index contributed by atoms with van der Waals surface area (Å²) in [6.07, 6.45) is -0.166. The first kappa shape index (κ1) is 19.4. The zero-order chi connectivity index (χ0) is 20.4. The molecule has 2 saturated heterocycles. The first-order valence-electron chi connectivity index (χ1n) is 9.38. The van der Waals surface area contributed by atoms with E-state index in [1.165, 1.54) is 0 Å². The van der Waals surface area contributed by atoms with Crippen LogP contribution < -0.4 is 15.1 Å². The fourth-order valence-corrected chi connectivity index (χ4v) is 3.96. The Bertz CT molecular complexity index is 964. The van der Waals surface area contributed by atoms with Crippen molar-refractivity contribution in [3.05, 3.63) is 58.6 Å². The lowest BCUT2D eigenvalue weighted by atomic mass is 10.1. The number of nitrogens with one attached hydrogen (secondary N) is 1. The van der Waals surface area contributed by atoms with Crippen LogP contribution in [0.1, 0.15) is 12.0 Å². The summed E-state index contributed by atoms with van der Waals surface area (Å²) in [6.45, 7) is 1.59. The van der Waals surface area contributed by atoms with Crippen molar-refractivity contribution in [1.82, 2.24) is 5.32 Å². The molecule has 2 aromatic carbocycles. The Labute approximate surface area is 176 Å². The van der Waals surface area contributed by atoms with E-state index >= 15 is 0 Å². The predicted molar refractivity (Wildman–Crippen MR) is 112 cm³/mol. The molecule has 150 valence electrons. The van der Waals surface area contributed by atoms with Crippen LogP contribution in [0, 0.1) is 5.92 Å². The van der Waals surface area contributed by atoms with E-state index in [4.69, 9.17) is 4.74 Å². The molecule has 1 atom stereocenters. The standard InChI is InChI=1S/C21H20BrN3O4/c22-16-4-2-6-18(11-16)25-13-15(10-19(25)26)20(27)23-12-14-3-1-5-17(9-14)24-7-8-29-21(24)28/h1-6,9,11,15H,7-8,10,12-13H2,(H,23,27). The molecule has 2 fully saturated rings. The van der Waals surface area contributed by atoms with Gasteiger partial charge in [-0.1, -0.05) is 34.1 Å². The van der Waals surface area contributed by atoms with Crippen LogP contribution in [0.4, 0.5) is 16.2 Å². The molecule has 8 heteroatoms. The lowest BCUT2D eigenvalue weighted by molar-refractivity contribution is -0.126. The highest BCUT2D eigenvalue weighted by Crippen LogP contribution is 2.27. The predicted octanol–water partition coefficient (Wildman–Crippen LogP) is 3.08. The highest BCUT2D eigenvalue weighted by molar-refractivity contribution is 9.10. The van der Waals surface area contributed by atoms with Gasteiger partial charge in [-0.25, -0.2) is 4.79 Å². The van der Waals surface area contributed by atoms with Crippen molar-refractivity contribution in [2.24, 2.45) is 5.92 Å². The van der Waals surface area contributed by atoms with Gasteiger partial charge in [0.15, 0.2) is 0 Å². The zero-order valence-corrected chi connectivity index (χ0v) is 17.2. The fraction of sp³-hybridized carbons (Fsp3) is 0.286. The molecule has 29 heavy (non-hydrogen) atoms. The Morgan fingerprint density at radius 2 is 1.86 bits per heavy atom. The molecule has 2 aliphatic rings. The molecule has 0 bridgehead atoms. The van der Waals surface area contributed by atoms with Crippen molar-refractivity contribution in [1.29, 1.82) is 0 Å². The third kappa shape index (κ3) is 4.27. The molecule has 0 aliphatic carbocycles. The second-order valence-corrected chi connectivity index (χ2v) is 7.95. The molecule has 0 aromatic heterocycles. The van der Waals surface area contributed by atoms with Crippen LogP contribution in [-0.2, 0) is 20.9 Å². The van der Waals surface area contributed by atoms with Crippen LogP contribution in [-0.4, -0.2) is 37.6 Å². The molecular weight excluding hydrogens is 438 g/mol. The molecule has 0 radical (unpaired) electrons. The maximum atomic E-state index is 12.6. The van der Waals surface area contributed by atoms with E-state index in [-0.39, 0.29) is 24.3 Å². The Morgan fingerprint density at radius 3 is 2.59 bits per heavy atom. The number of ether oxygens (including phenoxy) is 1. The number of rotatable bonds is 5. The van der Waals surface area contributed by atoms with E-state index < -0.39 is 5.92 Å². The van der Waals surface area contributed by atoms with Gasteiger partial charge in [-0.15, -0.1) is 0 Å². The van der Waals surface area contributed by atoms with Crippen molar-refractivity contribution < 1.29 is 19.1 Å². The Kier molecular flexibility index (Phi) is 5.53. The van der Waals surface area contributed by atoms with E-state index in [0.717, 1.165) is 21.4 Å². The van der Waals surface area contributed by atoms with Gasteiger partial charge in [-0.05, 0) is 35.9 Å². The summed E-state index contributed by atoms with van der Waals surface area (Å²) < 4.78 is 5.85. The Hall–Kier alpha value is -2.87. The number of halogens is 1. The number of hydrogen-bond donors (Lipinski definition) is 1. The minimum atomic E-state index is -0.391. The van der Waals surface area contributed by atoms with E-state index in [2.05, 4.69) is 21.2 Å². The van der Waals surface area contributed by atoms with Gasteiger partial charge in [0, 0.05) is 35.4 Å². The van der Waals surface area contributed by atoms with Gasteiger partial charge in [0.25, 0.3) is 0 Å². The van der Waals surface area contributed by atoms with E-state index in [1.807, 2.05) is 48.5 Å². The molecule has 2 aliphatic heterocycles. The number of amides is 3. The van der Waals surface area contributed by atoms with Crippen molar-refractivity contribution in [2.75, 3.05) is 29.5 Å². The normalized spacial score (nSPS) is 18.9. The second kappa shape index (κ2) is 8.24. The van der Waals surface area contributed by atoms with Crippen LogP contribution in [0.5, 0.6) is 0 Å². The number of cyclic esters (lactones) is 1. The summed E-state index contributed by atoms with van der Waals surface area (Å²) in [5.41, 5.74) is 2.41. The summed E-state index contributed by atoms with van der Waals surface area (Å²) >= 11 is 3.41. The minimum Gasteiger partial charge on any atom is -0.447 e. The third-order valence-electron chi connectivity index (χ3n) is 5.07. The van der Waals surface area contributed by atoms with E-state index in [1.54, 1.807) is 9.80 Å². The quantitative estimate of drug-likeness (QED) is 0.747. The summed E-state index contributed by atoms with van der Waals surface area (Å²) in [5, 5.41) is 2.91. The largest absolute Gasteiger partial charge is 0.447 e. The number of anilines is 2. The van der Waals surface area contributed by atoms with Gasteiger partial charge in [0.2, 0.25) is 11.8 Å². The van der Waals surface area contributed by atoms with Crippen molar-refractivity contribution >= 4 is 45.2 Å². The van der Waals surface area contributed by atoms with Crippen molar-refractivity contribution in [2.45, 2.75) is 13.0 Å². The molecule has 1 unspecified atom stereocenters. The number of nitrogens with zero attached hydrogens (tertiary/aromatic N) is 2. The maximum Gasteiger partial charge on any atom is 0.414 e. The number of benzene rings is 2. The number of hydrogen-bond acceptors (Lipinski definition) is 4. The molecule has 2 heterocycles. The molecule has 1 N–H and O–H groups in total. The molecule has 4 rings (SSSR count). The summed E-state index contributed by atoms with van der Waals surface area (Å²) in [4.78, 5) is 39.9. The first-order chi connectivity index (χ1) is 14.0. The average Bonchev–Trinajstić information content (AvgIpc) is 3.32. The Balaban J connectivity index is 1.37. The monoisotopic (exact) mass is 457 g/mol. The van der Waals surface area contributed by atoms with Gasteiger partial charge in [0.05, 0.1) is 12.5 Å². The average molecular weight is 458 g/mol. The van der Waals surface area contributed by atoms with Crippen LogP contribution in [0.25, 0.3) is 0 Å². The van der Waals surface area contributed by atoms with Crippen LogP contribution >= 0.6 is 15.9 Å². The molecule has 0 spiro atoms. The molecule has 3 amide bonds. The molecule has 2 aromatic rings. The Morgan fingerprint density at radius 1 is 1.10 bits per heavy atom. The first-order valence-corrected chi connectivity index (χ1v) is 10.2. The van der Waals surface area contributed by atoms with E-state index in [0.29, 0.717) is 26.2 Å². The number of carbonyl (C=O) groups is 3. The van der Waals surface area contributed by atoms with Gasteiger partial charge < -0.3 is 15.0 Å². The molecule has 7 nitrogen and oxygen atoms in total. The smallest absolute Gasteiger partial charge is 0.414 e. The van der Waals surface area contributed by atoms with Crippen LogP contribution in [0.15, 0.2) is 53.0 Å². The van der Waals surface area contributed by atoms with Crippen LogP contribution in [0.2, 0.25) is 0 Å². The summed E-state index contributed by atoms with van der Waals surface area (Å²) in [5.74, 6) is -0.599. The summed E-state index contributed by atoms with van der Waals surface area (Å²) in [6, 6.07) is 14.9. The lowest BCUT2D eigenvalue weighted by Gasteiger charge is -2.17. The highest BCUT2D eigenvalue weighted by Gasteiger charge is 2.35. The fourth-order valence-electron chi connectivity index (χ4n) is 3.57. The topological polar surface area (TPSA) is 79.0 Å². The number of carbonyl (C=O) groups excluding carboxylic acids is 3. The van der Waals surface area contributed by atoms with Crippen LogP contribution in [0.3, 0.4) is 0 Å². The second-order valence-electron chi connectivity index (χ2n) is 7.04.